The number of likely N-dealkylation sites (N-methyl/N-ethyl adjacent to an activating group) is 1. The van der Waals surface area contributed by atoms with Crippen molar-refractivity contribution in [1.29, 1.82) is 0 Å². The van der Waals surface area contributed by atoms with Crippen LogP contribution in [0.3, 0.4) is 0 Å². The van der Waals surface area contributed by atoms with Crippen molar-refractivity contribution in [2.24, 2.45) is 0 Å². The van der Waals surface area contributed by atoms with E-state index >= 15 is 0 Å². The van der Waals surface area contributed by atoms with Gasteiger partial charge in [-0.25, -0.2) is 0 Å². The third-order valence-corrected chi connectivity index (χ3v) is 4.27. The Morgan fingerprint density at radius 1 is 1.10 bits per heavy atom. The summed E-state index contributed by atoms with van der Waals surface area (Å²) in [5.41, 5.74) is 4.36. The predicted octanol–water partition coefficient (Wildman–Crippen LogP) is 4.29. The second-order valence-corrected chi connectivity index (χ2v) is 5.64. The lowest BCUT2D eigenvalue weighted by molar-refractivity contribution is 0.313. The van der Waals surface area contributed by atoms with Gasteiger partial charge in [-0.3, -0.25) is 0 Å². The molecule has 0 aliphatic carbocycles. The zero-order valence-corrected chi connectivity index (χ0v) is 14.2. The summed E-state index contributed by atoms with van der Waals surface area (Å²) in [6, 6.07) is 6.98. The van der Waals surface area contributed by atoms with Crippen LogP contribution >= 0.6 is 0 Å². The SMILES string of the molecule is CC.CCC(C)c1cc(N2CCN(C)CC2)ccc1C. The molecule has 0 saturated carbocycles. The minimum absolute atomic E-state index is 0.664. The Morgan fingerprint density at radius 2 is 1.70 bits per heavy atom. The van der Waals surface area contributed by atoms with E-state index in [1.165, 1.54) is 36.3 Å². The average Bonchev–Trinajstić information content (AvgIpc) is 2.50. The van der Waals surface area contributed by atoms with E-state index in [-0.39, 0.29) is 0 Å². The zero-order chi connectivity index (χ0) is 15.1. The topological polar surface area (TPSA) is 6.48 Å². The Bertz CT molecular complexity index is 392. The van der Waals surface area contributed by atoms with Crippen molar-refractivity contribution in [2.45, 2.75) is 47.0 Å². The first-order chi connectivity index (χ1) is 9.61. The van der Waals surface area contributed by atoms with E-state index in [0.29, 0.717) is 5.92 Å². The van der Waals surface area contributed by atoms with Gasteiger partial charge in [-0.15, -0.1) is 0 Å². The Hall–Kier alpha value is -1.02. The Balaban J connectivity index is 0.000000956. The number of hydrogen-bond donors (Lipinski definition) is 0. The van der Waals surface area contributed by atoms with Gasteiger partial charge in [0.25, 0.3) is 0 Å². The molecular formula is C18H32N2. The van der Waals surface area contributed by atoms with Gasteiger partial charge in [0.2, 0.25) is 0 Å². The van der Waals surface area contributed by atoms with E-state index in [1.807, 2.05) is 13.8 Å². The number of nitrogens with zero attached hydrogens (tertiary/aromatic N) is 2. The summed E-state index contributed by atoms with van der Waals surface area (Å²) in [4.78, 5) is 4.92. The Kier molecular flexibility index (Phi) is 7.08. The summed E-state index contributed by atoms with van der Waals surface area (Å²) in [5, 5.41) is 0. The molecular weight excluding hydrogens is 244 g/mol. The standard InChI is InChI=1S/C16H26N2.C2H6/c1-5-13(2)16-12-15(7-6-14(16)3)18-10-8-17(4)9-11-18;1-2/h6-7,12-13H,5,8-11H2,1-4H3;1-2H3. The van der Waals surface area contributed by atoms with Crippen molar-refractivity contribution < 1.29 is 0 Å². The van der Waals surface area contributed by atoms with E-state index in [4.69, 9.17) is 0 Å². The summed E-state index contributed by atoms with van der Waals surface area (Å²) in [6.45, 7) is 15.5. The molecule has 0 spiro atoms. The molecule has 0 radical (unpaired) electrons. The van der Waals surface area contributed by atoms with Crippen LogP contribution in [0, 0.1) is 6.92 Å². The lowest BCUT2D eigenvalue weighted by Gasteiger charge is -2.34. The highest BCUT2D eigenvalue weighted by Crippen LogP contribution is 2.27. The van der Waals surface area contributed by atoms with Gasteiger partial charge in [-0.1, -0.05) is 33.8 Å². The third-order valence-electron chi connectivity index (χ3n) is 4.27. The molecule has 1 aliphatic rings. The van der Waals surface area contributed by atoms with Crippen LogP contribution in [-0.2, 0) is 0 Å². The molecule has 1 atom stereocenters. The normalized spacial score (nSPS) is 17.4. The van der Waals surface area contributed by atoms with E-state index in [9.17, 15) is 0 Å². The second kappa shape index (κ2) is 8.31. The van der Waals surface area contributed by atoms with Crippen LogP contribution in [-0.4, -0.2) is 38.1 Å². The van der Waals surface area contributed by atoms with E-state index < -0.39 is 0 Å². The maximum Gasteiger partial charge on any atom is 0.0370 e. The van der Waals surface area contributed by atoms with Crippen LogP contribution in [0.15, 0.2) is 18.2 Å². The van der Waals surface area contributed by atoms with Gasteiger partial charge < -0.3 is 9.80 Å². The number of hydrogen-bond acceptors (Lipinski definition) is 2. The fourth-order valence-corrected chi connectivity index (χ4v) is 2.64. The number of benzene rings is 1. The van der Waals surface area contributed by atoms with Gasteiger partial charge in [-0.05, 0) is 49.6 Å². The quantitative estimate of drug-likeness (QED) is 0.812. The maximum absolute atomic E-state index is 2.52. The zero-order valence-electron chi connectivity index (χ0n) is 14.2. The first-order valence-electron chi connectivity index (χ1n) is 8.16. The fraction of sp³-hybridized carbons (Fsp3) is 0.667. The number of aryl methyl sites for hydroxylation is 1. The van der Waals surface area contributed by atoms with Crippen LogP contribution in [0.1, 0.15) is 51.2 Å². The van der Waals surface area contributed by atoms with Gasteiger partial charge in [0.1, 0.15) is 0 Å². The molecule has 1 heterocycles. The molecule has 0 amide bonds. The molecule has 1 aliphatic heterocycles. The molecule has 1 unspecified atom stereocenters. The molecule has 1 aromatic carbocycles. The summed E-state index contributed by atoms with van der Waals surface area (Å²) in [7, 11) is 2.21. The molecule has 2 rings (SSSR count). The molecule has 20 heavy (non-hydrogen) atoms. The van der Waals surface area contributed by atoms with Crippen molar-refractivity contribution in [3.8, 4) is 0 Å². The van der Waals surface area contributed by atoms with Gasteiger partial charge >= 0.3 is 0 Å². The number of rotatable bonds is 3. The molecule has 2 heteroatoms. The molecule has 1 saturated heterocycles. The summed E-state index contributed by atoms with van der Waals surface area (Å²) in [5.74, 6) is 0.664. The van der Waals surface area contributed by atoms with Crippen LogP contribution in [0.5, 0.6) is 0 Å². The highest BCUT2D eigenvalue weighted by molar-refractivity contribution is 5.52. The molecule has 0 bridgehead atoms. The predicted molar refractivity (Wildman–Crippen MR) is 90.9 cm³/mol. The fourth-order valence-electron chi connectivity index (χ4n) is 2.64. The van der Waals surface area contributed by atoms with Gasteiger partial charge in [0, 0.05) is 31.9 Å². The monoisotopic (exact) mass is 276 g/mol. The lowest BCUT2D eigenvalue weighted by Crippen LogP contribution is -2.44. The van der Waals surface area contributed by atoms with Crippen molar-refractivity contribution in [3.05, 3.63) is 29.3 Å². The first kappa shape index (κ1) is 17.0. The van der Waals surface area contributed by atoms with Crippen molar-refractivity contribution in [2.75, 3.05) is 38.1 Å². The minimum Gasteiger partial charge on any atom is -0.369 e. The molecule has 0 N–H and O–H groups in total. The molecule has 2 nitrogen and oxygen atoms in total. The van der Waals surface area contributed by atoms with E-state index in [2.05, 4.69) is 55.8 Å². The minimum atomic E-state index is 0.664. The van der Waals surface area contributed by atoms with Crippen molar-refractivity contribution in [1.82, 2.24) is 4.90 Å². The van der Waals surface area contributed by atoms with Crippen molar-refractivity contribution >= 4 is 5.69 Å². The third kappa shape index (κ3) is 4.24. The molecule has 0 aromatic heterocycles. The average molecular weight is 276 g/mol. The summed E-state index contributed by atoms with van der Waals surface area (Å²) < 4.78 is 0. The highest BCUT2D eigenvalue weighted by atomic mass is 15.2. The van der Waals surface area contributed by atoms with E-state index in [0.717, 1.165) is 13.1 Å². The molecule has 1 fully saturated rings. The van der Waals surface area contributed by atoms with E-state index in [1.54, 1.807) is 0 Å². The molecule has 114 valence electrons. The lowest BCUT2D eigenvalue weighted by atomic mass is 9.93. The van der Waals surface area contributed by atoms with Crippen LogP contribution < -0.4 is 4.90 Å². The second-order valence-electron chi connectivity index (χ2n) is 5.64. The Morgan fingerprint density at radius 3 is 2.25 bits per heavy atom. The maximum atomic E-state index is 2.52. The van der Waals surface area contributed by atoms with Crippen LogP contribution in [0.25, 0.3) is 0 Å². The highest BCUT2D eigenvalue weighted by Gasteiger charge is 2.16. The summed E-state index contributed by atoms with van der Waals surface area (Å²) >= 11 is 0. The summed E-state index contributed by atoms with van der Waals surface area (Å²) in [6.07, 6.45) is 1.22. The number of anilines is 1. The first-order valence-corrected chi connectivity index (χ1v) is 8.16. The van der Waals surface area contributed by atoms with Gasteiger partial charge in [-0.2, -0.15) is 0 Å². The largest absolute Gasteiger partial charge is 0.369 e. The molecule has 1 aromatic rings. The Labute approximate surface area is 125 Å². The smallest absolute Gasteiger partial charge is 0.0370 e. The van der Waals surface area contributed by atoms with Gasteiger partial charge in [0.15, 0.2) is 0 Å². The number of piperazine rings is 1. The van der Waals surface area contributed by atoms with Crippen LogP contribution in [0.4, 0.5) is 5.69 Å². The van der Waals surface area contributed by atoms with Crippen LogP contribution in [0.2, 0.25) is 0 Å². The van der Waals surface area contributed by atoms with Crippen molar-refractivity contribution in [3.63, 3.8) is 0 Å². The van der Waals surface area contributed by atoms with Gasteiger partial charge in [0.05, 0.1) is 0 Å².